The highest BCUT2D eigenvalue weighted by Crippen LogP contribution is 2.25. The van der Waals surface area contributed by atoms with E-state index in [4.69, 9.17) is 10.5 Å². The smallest absolute Gasteiger partial charge is 0.217 e. The Balaban J connectivity index is 2.43. The Morgan fingerprint density at radius 2 is 2.21 bits per heavy atom. The molecule has 0 atom stereocenters. The van der Waals surface area contributed by atoms with Crippen LogP contribution in [0.3, 0.4) is 0 Å². The van der Waals surface area contributed by atoms with Crippen molar-refractivity contribution in [3.8, 4) is 5.88 Å². The van der Waals surface area contributed by atoms with Crippen LogP contribution in [0.2, 0.25) is 0 Å². The maximum absolute atomic E-state index is 5.64. The molecule has 2 N–H and O–H groups in total. The van der Waals surface area contributed by atoms with Gasteiger partial charge in [0.15, 0.2) is 0 Å². The molecule has 1 heterocycles. The van der Waals surface area contributed by atoms with Crippen molar-refractivity contribution >= 4 is 0 Å². The molecule has 2 rings (SSSR count). The van der Waals surface area contributed by atoms with E-state index >= 15 is 0 Å². The van der Waals surface area contributed by atoms with Crippen LogP contribution in [0.4, 0.5) is 0 Å². The Labute approximate surface area is 84.3 Å². The second kappa shape index (κ2) is 3.96. The normalized spacial score (nSPS) is 15.0. The first kappa shape index (κ1) is 9.46. The summed E-state index contributed by atoms with van der Waals surface area (Å²) >= 11 is 0. The standard InChI is InChI=1S/C11H16N2O/c1-14-11-9(7-12)6-8-4-2-3-5-10(8)13-11/h6H,2-5,7,12H2,1H3. The molecule has 0 amide bonds. The molecule has 1 aliphatic rings. The highest BCUT2D eigenvalue weighted by atomic mass is 16.5. The van der Waals surface area contributed by atoms with Crippen LogP contribution in [0.1, 0.15) is 29.7 Å². The van der Waals surface area contributed by atoms with E-state index in [2.05, 4.69) is 11.1 Å². The zero-order valence-electron chi connectivity index (χ0n) is 8.55. The molecule has 0 spiro atoms. The summed E-state index contributed by atoms with van der Waals surface area (Å²) in [6.45, 7) is 0.503. The van der Waals surface area contributed by atoms with Crippen LogP contribution in [0.15, 0.2) is 6.07 Å². The first-order valence-electron chi connectivity index (χ1n) is 5.11. The minimum absolute atomic E-state index is 0.503. The number of methoxy groups -OCH3 is 1. The monoisotopic (exact) mass is 192 g/mol. The third kappa shape index (κ3) is 1.60. The Morgan fingerprint density at radius 1 is 1.43 bits per heavy atom. The second-order valence-electron chi connectivity index (χ2n) is 3.67. The molecule has 1 aromatic rings. The molecule has 0 aliphatic heterocycles. The molecular weight excluding hydrogens is 176 g/mol. The lowest BCUT2D eigenvalue weighted by molar-refractivity contribution is 0.389. The summed E-state index contributed by atoms with van der Waals surface area (Å²) in [6.07, 6.45) is 4.73. The van der Waals surface area contributed by atoms with Gasteiger partial charge in [-0.2, -0.15) is 0 Å². The van der Waals surface area contributed by atoms with Gasteiger partial charge in [0.1, 0.15) is 0 Å². The van der Waals surface area contributed by atoms with E-state index in [1.165, 1.54) is 24.1 Å². The molecular formula is C11H16N2O. The van der Waals surface area contributed by atoms with E-state index in [-0.39, 0.29) is 0 Å². The highest BCUT2D eigenvalue weighted by molar-refractivity contribution is 5.35. The Morgan fingerprint density at radius 3 is 2.93 bits per heavy atom. The molecule has 0 saturated carbocycles. The zero-order valence-corrected chi connectivity index (χ0v) is 8.55. The summed E-state index contributed by atoms with van der Waals surface area (Å²) in [5.41, 5.74) is 9.22. The molecule has 0 bridgehead atoms. The van der Waals surface area contributed by atoms with Crippen LogP contribution in [-0.2, 0) is 19.4 Å². The van der Waals surface area contributed by atoms with E-state index in [9.17, 15) is 0 Å². The van der Waals surface area contributed by atoms with Crippen molar-refractivity contribution in [2.45, 2.75) is 32.2 Å². The maximum atomic E-state index is 5.64. The van der Waals surface area contributed by atoms with Crippen LogP contribution in [0, 0.1) is 0 Å². The summed E-state index contributed by atoms with van der Waals surface area (Å²) in [7, 11) is 1.65. The average molecular weight is 192 g/mol. The lowest BCUT2D eigenvalue weighted by Gasteiger charge is -2.17. The summed E-state index contributed by atoms with van der Waals surface area (Å²) in [5.74, 6) is 0.702. The van der Waals surface area contributed by atoms with Gasteiger partial charge >= 0.3 is 0 Å². The number of nitrogens with zero attached hydrogens (tertiary/aromatic N) is 1. The number of aromatic nitrogens is 1. The quantitative estimate of drug-likeness (QED) is 0.771. The van der Waals surface area contributed by atoms with Gasteiger partial charge in [0.25, 0.3) is 0 Å². The minimum atomic E-state index is 0.503. The molecule has 1 aliphatic carbocycles. The highest BCUT2D eigenvalue weighted by Gasteiger charge is 2.14. The topological polar surface area (TPSA) is 48.1 Å². The molecule has 3 nitrogen and oxygen atoms in total. The van der Waals surface area contributed by atoms with E-state index in [1.807, 2.05) is 0 Å². The van der Waals surface area contributed by atoms with Gasteiger partial charge in [0.2, 0.25) is 5.88 Å². The van der Waals surface area contributed by atoms with Crippen molar-refractivity contribution in [2.24, 2.45) is 5.73 Å². The van der Waals surface area contributed by atoms with Gasteiger partial charge in [-0.1, -0.05) is 0 Å². The van der Waals surface area contributed by atoms with Crippen molar-refractivity contribution in [3.63, 3.8) is 0 Å². The number of aryl methyl sites for hydroxylation is 2. The van der Waals surface area contributed by atoms with E-state index in [0.717, 1.165) is 18.4 Å². The maximum Gasteiger partial charge on any atom is 0.217 e. The lowest BCUT2D eigenvalue weighted by atomic mass is 9.95. The van der Waals surface area contributed by atoms with Crippen LogP contribution >= 0.6 is 0 Å². The molecule has 0 saturated heterocycles. The average Bonchev–Trinajstić information content (AvgIpc) is 2.27. The number of fused-ring (bicyclic) bond motifs is 1. The molecule has 14 heavy (non-hydrogen) atoms. The summed E-state index contributed by atoms with van der Waals surface area (Å²) in [4.78, 5) is 4.50. The molecule has 76 valence electrons. The number of nitrogens with two attached hydrogens (primary N) is 1. The predicted octanol–water partition coefficient (Wildman–Crippen LogP) is 1.43. The molecule has 0 unspecified atom stereocenters. The number of pyridine rings is 1. The Bertz CT molecular complexity index is 292. The van der Waals surface area contributed by atoms with E-state index in [0.29, 0.717) is 12.4 Å². The largest absolute Gasteiger partial charge is 0.481 e. The van der Waals surface area contributed by atoms with Crippen molar-refractivity contribution in [1.29, 1.82) is 0 Å². The van der Waals surface area contributed by atoms with Gasteiger partial charge in [0, 0.05) is 17.8 Å². The van der Waals surface area contributed by atoms with Gasteiger partial charge in [-0.25, -0.2) is 4.98 Å². The van der Waals surface area contributed by atoms with E-state index < -0.39 is 0 Å². The number of rotatable bonds is 2. The third-order valence-electron chi connectivity index (χ3n) is 2.75. The first-order valence-corrected chi connectivity index (χ1v) is 5.11. The first-order chi connectivity index (χ1) is 6.85. The van der Waals surface area contributed by atoms with Gasteiger partial charge in [-0.15, -0.1) is 0 Å². The number of ether oxygens (including phenoxy) is 1. The molecule has 1 aromatic heterocycles. The fraction of sp³-hybridized carbons (Fsp3) is 0.545. The Kier molecular flexibility index (Phi) is 2.68. The van der Waals surface area contributed by atoms with Gasteiger partial charge in [0.05, 0.1) is 7.11 Å². The fourth-order valence-corrected chi connectivity index (χ4v) is 1.99. The van der Waals surface area contributed by atoms with Gasteiger partial charge < -0.3 is 10.5 Å². The second-order valence-corrected chi connectivity index (χ2v) is 3.67. The lowest BCUT2D eigenvalue weighted by Crippen LogP contribution is -2.10. The van der Waals surface area contributed by atoms with Crippen molar-refractivity contribution in [3.05, 3.63) is 22.9 Å². The predicted molar refractivity (Wildman–Crippen MR) is 55.3 cm³/mol. The molecule has 3 heteroatoms. The van der Waals surface area contributed by atoms with Crippen molar-refractivity contribution in [1.82, 2.24) is 4.98 Å². The molecule has 0 radical (unpaired) electrons. The van der Waals surface area contributed by atoms with Gasteiger partial charge in [-0.3, -0.25) is 0 Å². The summed E-state index contributed by atoms with van der Waals surface area (Å²) in [5, 5.41) is 0. The summed E-state index contributed by atoms with van der Waals surface area (Å²) in [6, 6.07) is 2.15. The summed E-state index contributed by atoms with van der Waals surface area (Å²) < 4.78 is 5.21. The Hall–Kier alpha value is -1.09. The number of hydrogen-bond donors (Lipinski definition) is 1. The van der Waals surface area contributed by atoms with Crippen molar-refractivity contribution < 1.29 is 4.74 Å². The van der Waals surface area contributed by atoms with Crippen LogP contribution in [0.5, 0.6) is 5.88 Å². The fourth-order valence-electron chi connectivity index (χ4n) is 1.99. The minimum Gasteiger partial charge on any atom is -0.481 e. The third-order valence-corrected chi connectivity index (χ3v) is 2.75. The molecule has 0 aromatic carbocycles. The van der Waals surface area contributed by atoms with Crippen molar-refractivity contribution in [2.75, 3.05) is 7.11 Å². The van der Waals surface area contributed by atoms with Crippen LogP contribution in [-0.4, -0.2) is 12.1 Å². The SMILES string of the molecule is COc1nc2c(cc1CN)CCCC2. The molecule has 0 fully saturated rings. The van der Waals surface area contributed by atoms with Crippen LogP contribution in [0.25, 0.3) is 0 Å². The van der Waals surface area contributed by atoms with Gasteiger partial charge in [-0.05, 0) is 37.3 Å². The zero-order chi connectivity index (χ0) is 9.97. The number of hydrogen-bond acceptors (Lipinski definition) is 3. The van der Waals surface area contributed by atoms with Crippen LogP contribution < -0.4 is 10.5 Å². The van der Waals surface area contributed by atoms with E-state index in [1.54, 1.807) is 7.11 Å².